The number of anilines is 1. The van der Waals surface area contributed by atoms with Gasteiger partial charge in [-0.3, -0.25) is 9.59 Å². The van der Waals surface area contributed by atoms with Crippen molar-refractivity contribution >= 4 is 17.6 Å². The second kappa shape index (κ2) is 6.41. The predicted molar refractivity (Wildman–Crippen MR) is 78.8 cm³/mol. The number of carboxylic acids is 1. The van der Waals surface area contributed by atoms with Gasteiger partial charge in [-0.25, -0.2) is 0 Å². The number of benzene rings is 1. The first-order valence-corrected chi connectivity index (χ1v) is 6.56. The molecule has 5 heteroatoms. The van der Waals surface area contributed by atoms with Gasteiger partial charge in [0.1, 0.15) is 12.6 Å². The van der Waals surface area contributed by atoms with Crippen molar-refractivity contribution in [3.05, 3.63) is 30.3 Å². The van der Waals surface area contributed by atoms with Crippen molar-refractivity contribution in [2.24, 2.45) is 0 Å². The van der Waals surface area contributed by atoms with Crippen LogP contribution in [0.2, 0.25) is 0 Å². The summed E-state index contributed by atoms with van der Waals surface area (Å²) in [5, 5.41) is 11.9. The standard InChI is InChI=1S/C15H22N2O3/c1-11(14(20)16-15(2,3)4)17(10-13(18)19)12-8-6-5-7-9-12/h5-9,11H,10H2,1-4H3,(H,16,20)(H,18,19). The van der Waals surface area contributed by atoms with Gasteiger partial charge in [-0.2, -0.15) is 0 Å². The Morgan fingerprint density at radius 3 is 2.25 bits per heavy atom. The van der Waals surface area contributed by atoms with E-state index in [2.05, 4.69) is 5.32 Å². The summed E-state index contributed by atoms with van der Waals surface area (Å²) in [4.78, 5) is 24.8. The lowest BCUT2D eigenvalue weighted by Gasteiger charge is -2.31. The molecule has 0 aliphatic heterocycles. The zero-order valence-electron chi connectivity index (χ0n) is 12.4. The van der Waals surface area contributed by atoms with Gasteiger partial charge in [-0.1, -0.05) is 18.2 Å². The maximum atomic E-state index is 12.2. The lowest BCUT2D eigenvalue weighted by Crippen LogP contribution is -2.52. The monoisotopic (exact) mass is 278 g/mol. The second-order valence-electron chi connectivity index (χ2n) is 5.77. The first-order valence-electron chi connectivity index (χ1n) is 6.56. The zero-order chi connectivity index (χ0) is 15.3. The molecule has 0 aromatic heterocycles. The van der Waals surface area contributed by atoms with Crippen molar-refractivity contribution in [1.29, 1.82) is 0 Å². The zero-order valence-corrected chi connectivity index (χ0v) is 12.4. The van der Waals surface area contributed by atoms with Gasteiger partial charge in [-0.15, -0.1) is 0 Å². The Labute approximate surface area is 119 Å². The van der Waals surface area contributed by atoms with Crippen LogP contribution < -0.4 is 10.2 Å². The highest BCUT2D eigenvalue weighted by molar-refractivity contribution is 5.87. The van der Waals surface area contributed by atoms with Gasteiger partial charge in [0.2, 0.25) is 5.91 Å². The molecule has 20 heavy (non-hydrogen) atoms. The number of hydrogen-bond donors (Lipinski definition) is 2. The molecule has 0 heterocycles. The van der Waals surface area contributed by atoms with Gasteiger partial charge in [-0.05, 0) is 39.8 Å². The SMILES string of the molecule is CC(C(=O)NC(C)(C)C)N(CC(=O)O)c1ccccc1. The molecule has 0 aliphatic carbocycles. The quantitative estimate of drug-likeness (QED) is 0.863. The number of amides is 1. The third-order valence-electron chi connectivity index (χ3n) is 2.74. The van der Waals surface area contributed by atoms with Crippen LogP contribution in [0, 0.1) is 0 Å². The molecular weight excluding hydrogens is 256 g/mol. The van der Waals surface area contributed by atoms with Crippen molar-refractivity contribution in [1.82, 2.24) is 5.32 Å². The fraction of sp³-hybridized carbons (Fsp3) is 0.467. The lowest BCUT2D eigenvalue weighted by molar-refractivity contribution is -0.135. The predicted octanol–water partition coefficient (Wildman–Crippen LogP) is 1.88. The Bertz CT molecular complexity index is 466. The number of nitrogens with zero attached hydrogens (tertiary/aromatic N) is 1. The Morgan fingerprint density at radius 1 is 1.25 bits per heavy atom. The number of carbonyl (C=O) groups is 2. The van der Waals surface area contributed by atoms with E-state index in [1.807, 2.05) is 39.0 Å². The van der Waals surface area contributed by atoms with Gasteiger partial charge in [0.05, 0.1) is 0 Å². The molecule has 5 nitrogen and oxygen atoms in total. The summed E-state index contributed by atoms with van der Waals surface area (Å²) in [6.45, 7) is 7.16. The molecule has 0 saturated carbocycles. The fourth-order valence-electron chi connectivity index (χ4n) is 1.83. The summed E-state index contributed by atoms with van der Waals surface area (Å²) in [5.74, 6) is -1.16. The Morgan fingerprint density at radius 2 is 1.80 bits per heavy atom. The van der Waals surface area contributed by atoms with E-state index in [-0.39, 0.29) is 18.0 Å². The van der Waals surface area contributed by atoms with E-state index < -0.39 is 12.0 Å². The van der Waals surface area contributed by atoms with Crippen LogP contribution in [-0.4, -0.2) is 35.1 Å². The highest BCUT2D eigenvalue weighted by Crippen LogP contribution is 2.17. The van der Waals surface area contributed by atoms with Crippen molar-refractivity contribution in [2.45, 2.75) is 39.3 Å². The van der Waals surface area contributed by atoms with Gasteiger partial charge < -0.3 is 15.3 Å². The van der Waals surface area contributed by atoms with E-state index >= 15 is 0 Å². The first kappa shape index (κ1) is 16.0. The minimum absolute atomic E-state index is 0.192. The molecule has 1 unspecified atom stereocenters. The van der Waals surface area contributed by atoms with Crippen LogP contribution in [0.5, 0.6) is 0 Å². The number of aliphatic carboxylic acids is 1. The van der Waals surface area contributed by atoms with E-state index in [1.165, 1.54) is 0 Å². The van der Waals surface area contributed by atoms with Gasteiger partial charge in [0.15, 0.2) is 0 Å². The first-order chi connectivity index (χ1) is 9.20. The second-order valence-corrected chi connectivity index (χ2v) is 5.77. The normalized spacial score (nSPS) is 12.6. The van der Waals surface area contributed by atoms with E-state index in [9.17, 15) is 9.59 Å². The Hall–Kier alpha value is -2.04. The van der Waals surface area contributed by atoms with Crippen molar-refractivity contribution in [2.75, 3.05) is 11.4 Å². The molecule has 1 atom stereocenters. The molecule has 0 radical (unpaired) electrons. The third-order valence-corrected chi connectivity index (χ3v) is 2.74. The van der Waals surface area contributed by atoms with E-state index in [0.29, 0.717) is 5.69 Å². The van der Waals surface area contributed by atoms with Crippen LogP contribution in [0.4, 0.5) is 5.69 Å². The average molecular weight is 278 g/mol. The molecule has 0 saturated heterocycles. The summed E-state index contributed by atoms with van der Waals surface area (Å²) in [5.41, 5.74) is 0.364. The van der Waals surface area contributed by atoms with Crippen LogP contribution in [-0.2, 0) is 9.59 Å². The molecule has 1 rings (SSSR count). The molecule has 0 fully saturated rings. The maximum Gasteiger partial charge on any atom is 0.323 e. The molecule has 0 spiro atoms. The molecule has 110 valence electrons. The van der Waals surface area contributed by atoms with Crippen LogP contribution in [0.25, 0.3) is 0 Å². The highest BCUT2D eigenvalue weighted by atomic mass is 16.4. The summed E-state index contributed by atoms with van der Waals surface area (Å²) in [6.07, 6.45) is 0. The summed E-state index contributed by atoms with van der Waals surface area (Å²) in [6, 6.07) is 8.51. The van der Waals surface area contributed by atoms with Crippen molar-refractivity contribution in [3.63, 3.8) is 0 Å². The number of para-hydroxylation sites is 1. The Balaban J connectivity index is 2.94. The summed E-state index contributed by atoms with van der Waals surface area (Å²) in [7, 11) is 0. The topological polar surface area (TPSA) is 69.6 Å². The highest BCUT2D eigenvalue weighted by Gasteiger charge is 2.26. The van der Waals surface area contributed by atoms with Crippen molar-refractivity contribution < 1.29 is 14.7 Å². The third kappa shape index (κ3) is 4.91. The van der Waals surface area contributed by atoms with E-state index in [0.717, 1.165) is 0 Å². The van der Waals surface area contributed by atoms with Gasteiger partial charge in [0.25, 0.3) is 0 Å². The summed E-state index contributed by atoms with van der Waals surface area (Å²) < 4.78 is 0. The molecule has 1 aromatic rings. The van der Waals surface area contributed by atoms with Crippen molar-refractivity contribution in [3.8, 4) is 0 Å². The minimum Gasteiger partial charge on any atom is -0.480 e. The van der Waals surface area contributed by atoms with Gasteiger partial charge >= 0.3 is 5.97 Å². The molecular formula is C15H22N2O3. The maximum absolute atomic E-state index is 12.2. The summed E-state index contributed by atoms with van der Waals surface area (Å²) >= 11 is 0. The fourth-order valence-corrected chi connectivity index (χ4v) is 1.83. The largest absolute Gasteiger partial charge is 0.480 e. The number of nitrogens with one attached hydrogen (secondary N) is 1. The van der Waals surface area contributed by atoms with E-state index in [4.69, 9.17) is 5.11 Å². The van der Waals surface area contributed by atoms with Crippen LogP contribution in [0.15, 0.2) is 30.3 Å². The molecule has 0 bridgehead atoms. The number of rotatable bonds is 5. The van der Waals surface area contributed by atoms with Crippen LogP contribution in [0.3, 0.4) is 0 Å². The smallest absolute Gasteiger partial charge is 0.323 e. The van der Waals surface area contributed by atoms with Crippen LogP contribution >= 0.6 is 0 Å². The molecule has 2 N–H and O–H groups in total. The average Bonchev–Trinajstić information content (AvgIpc) is 2.34. The van der Waals surface area contributed by atoms with Crippen LogP contribution in [0.1, 0.15) is 27.7 Å². The molecule has 1 amide bonds. The Kier molecular flexibility index (Phi) is 5.13. The molecule has 1 aromatic carbocycles. The lowest BCUT2D eigenvalue weighted by atomic mass is 10.1. The number of carboxylic acid groups (broad SMARTS) is 1. The van der Waals surface area contributed by atoms with E-state index in [1.54, 1.807) is 24.0 Å². The number of hydrogen-bond acceptors (Lipinski definition) is 3. The molecule has 0 aliphatic rings. The minimum atomic E-state index is -0.968. The van der Waals surface area contributed by atoms with Gasteiger partial charge in [0, 0.05) is 11.2 Å². The number of carbonyl (C=O) groups excluding carboxylic acids is 1.